The maximum absolute atomic E-state index is 9.35. The lowest BCUT2D eigenvalue weighted by atomic mass is 10.0. The second-order valence-electron chi connectivity index (χ2n) is 6.19. The number of hydrogen-bond acceptors (Lipinski definition) is 4. The number of unbranched alkanes of at least 4 members (excludes halogenated alkanes) is 8. The average Bonchev–Trinajstić information content (AvgIpc) is 2.63. The summed E-state index contributed by atoms with van der Waals surface area (Å²) in [4.78, 5) is 0. The predicted molar refractivity (Wildman–Crippen MR) is 99.7 cm³/mol. The molecule has 0 aliphatic carbocycles. The standard InChI is InChI=1S/C20H33NO3/c1-4-5-6-7-8-9-10-11-12-13-19(21-22)18-15-14-17(23-2)16-20(18)24-3/h14-16,22H,4-13H2,1-3H3. The summed E-state index contributed by atoms with van der Waals surface area (Å²) < 4.78 is 10.6. The molecule has 136 valence electrons. The van der Waals surface area contributed by atoms with Crippen molar-refractivity contribution in [2.24, 2.45) is 5.16 Å². The highest BCUT2D eigenvalue weighted by atomic mass is 16.5. The number of rotatable bonds is 13. The van der Waals surface area contributed by atoms with Crippen LogP contribution in [0.3, 0.4) is 0 Å². The third-order valence-corrected chi connectivity index (χ3v) is 4.36. The second-order valence-corrected chi connectivity index (χ2v) is 6.19. The van der Waals surface area contributed by atoms with E-state index >= 15 is 0 Å². The van der Waals surface area contributed by atoms with Gasteiger partial charge >= 0.3 is 0 Å². The molecule has 0 heterocycles. The van der Waals surface area contributed by atoms with Gasteiger partial charge in [-0.25, -0.2) is 0 Å². The highest BCUT2D eigenvalue weighted by Gasteiger charge is 2.12. The fraction of sp³-hybridized carbons (Fsp3) is 0.650. The van der Waals surface area contributed by atoms with Crippen molar-refractivity contribution in [1.29, 1.82) is 0 Å². The number of oxime groups is 1. The normalized spacial score (nSPS) is 11.5. The van der Waals surface area contributed by atoms with Gasteiger partial charge in [-0.3, -0.25) is 0 Å². The van der Waals surface area contributed by atoms with Crippen LogP contribution in [0.4, 0.5) is 0 Å². The van der Waals surface area contributed by atoms with Gasteiger partial charge in [0, 0.05) is 11.6 Å². The third-order valence-electron chi connectivity index (χ3n) is 4.36. The number of benzene rings is 1. The molecule has 0 unspecified atom stereocenters. The minimum absolute atomic E-state index is 0.678. The maximum atomic E-state index is 9.35. The van der Waals surface area contributed by atoms with Crippen molar-refractivity contribution in [2.45, 2.75) is 71.1 Å². The molecule has 0 atom stereocenters. The highest BCUT2D eigenvalue weighted by molar-refractivity contribution is 6.02. The minimum atomic E-state index is 0.678. The molecule has 4 nitrogen and oxygen atoms in total. The summed E-state index contributed by atoms with van der Waals surface area (Å²) in [7, 11) is 3.24. The van der Waals surface area contributed by atoms with Gasteiger partial charge in [-0.05, 0) is 25.0 Å². The van der Waals surface area contributed by atoms with Crippen LogP contribution in [-0.4, -0.2) is 25.1 Å². The molecular weight excluding hydrogens is 302 g/mol. The van der Waals surface area contributed by atoms with Crippen LogP contribution in [0.25, 0.3) is 0 Å². The molecule has 0 bridgehead atoms. The zero-order chi connectivity index (χ0) is 17.6. The summed E-state index contributed by atoms with van der Waals surface area (Å²) >= 11 is 0. The Morgan fingerprint density at radius 3 is 2.08 bits per heavy atom. The molecule has 0 aliphatic heterocycles. The van der Waals surface area contributed by atoms with E-state index in [-0.39, 0.29) is 0 Å². The molecule has 0 spiro atoms. The van der Waals surface area contributed by atoms with Crippen molar-refractivity contribution in [2.75, 3.05) is 14.2 Å². The Hall–Kier alpha value is -1.71. The fourth-order valence-corrected chi connectivity index (χ4v) is 2.88. The van der Waals surface area contributed by atoms with Crippen LogP contribution in [0.1, 0.15) is 76.7 Å². The Labute approximate surface area is 146 Å². The van der Waals surface area contributed by atoms with Crippen molar-refractivity contribution < 1.29 is 14.7 Å². The van der Waals surface area contributed by atoms with E-state index in [1.807, 2.05) is 18.2 Å². The van der Waals surface area contributed by atoms with Gasteiger partial charge in [0.15, 0.2) is 0 Å². The summed E-state index contributed by atoms with van der Waals surface area (Å²) in [5.74, 6) is 1.41. The van der Waals surface area contributed by atoms with Crippen molar-refractivity contribution in [1.82, 2.24) is 0 Å². The number of hydrogen-bond donors (Lipinski definition) is 1. The van der Waals surface area contributed by atoms with E-state index in [1.165, 1.54) is 51.4 Å². The molecule has 0 amide bonds. The fourth-order valence-electron chi connectivity index (χ4n) is 2.88. The van der Waals surface area contributed by atoms with Gasteiger partial charge in [-0.1, -0.05) is 63.4 Å². The first kappa shape index (κ1) is 20.3. The first-order chi connectivity index (χ1) is 11.8. The van der Waals surface area contributed by atoms with E-state index in [4.69, 9.17) is 9.47 Å². The molecule has 1 rings (SSSR count). The van der Waals surface area contributed by atoms with Gasteiger partial charge in [-0.15, -0.1) is 0 Å². The lowest BCUT2D eigenvalue weighted by molar-refractivity contribution is 0.317. The average molecular weight is 335 g/mol. The Bertz CT molecular complexity index is 486. The van der Waals surface area contributed by atoms with Gasteiger partial charge in [0.1, 0.15) is 11.5 Å². The van der Waals surface area contributed by atoms with E-state index in [2.05, 4.69) is 12.1 Å². The molecule has 0 saturated carbocycles. The van der Waals surface area contributed by atoms with Crippen LogP contribution in [0.2, 0.25) is 0 Å². The molecule has 0 aromatic heterocycles. The quantitative estimate of drug-likeness (QED) is 0.214. The predicted octanol–water partition coefficient (Wildman–Crippen LogP) is 5.80. The van der Waals surface area contributed by atoms with E-state index in [1.54, 1.807) is 14.2 Å². The van der Waals surface area contributed by atoms with E-state index in [0.717, 1.165) is 24.2 Å². The second kappa shape index (κ2) is 12.7. The molecule has 1 aromatic rings. The Morgan fingerprint density at radius 1 is 0.917 bits per heavy atom. The zero-order valence-corrected chi connectivity index (χ0v) is 15.5. The molecule has 1 N–H and O–H groups in total. The van der Waals surface area contributed by atoms with Crippen LogP contribution in [0, 0.1) is 0 Å². The van der Waals surface area contributed by atoms with Crippen LogP contribution in [-0.2, 0) is 0 Å². The SMILES string of the molecule is CCCCCCCCCCCC(=NO)c1ccc(OC)cc1OC. The summed E-state index contributed by atoms with van der Waals surface area (Å²) in [5, 5.41) is 12.8. The summed E-state index contributed by atoms with van der Waals surface area (Å²) in [5.41, 5.74) is 1.51. The number of nitrogens with zero attached hydrogens (tertiary/aromatic N) is 1. The molecule has 4 heteroatoms. The first-order valence-electron chi connectivity index (χ1n) is 9.20. The van der Waals surface area contributed by atoms with E-state index < -0.39 is 0 Å². The summed E-state index contributed by atoms with van der Waals surface area (Å²) in [6.45, 7) is 2.25. The molecule has 1 aromatic carbocycles. The highest BCUT2D eigenvalue weighted by Crippen LogP contribution is 2.26. The third kappa shape index (κ3) is 7.24. The monoisotopic (exact) mass is 335 g/mol. The van der Waals surface area contributed by atoms with Crippen molar-refractivity contribution in [3.8, 4) is 11.5 Å². The molecule has 0 fully saturated rings. The molecule has 0 aliphatic rings. The Balaban J connectivity index is 2.35. The van der Waals surface area contributed by atoms with Crippen molar-refractivity contribution in [3.05, 3.63) is 23.8 Å². The largest absolute Gasteiger partial charge is 0.497 e. The summed E-state index contributed by atoms with van der Waals surface area (Å²) in [6, 6.07) is 5.57. The lowest BCUT2D eigenvalue weighted by Gasteiger charge is -2.11. The van der Waals surface area contributed by atoms with Crippen LogP contribution < -0.4 is 9.47 Å². The van der Waals surface area contributed by atoms with Gasteiger partial charge < -0.3 is 14.7 Å². The minimum Gasteiger partial charge on any atom is -0.497 e. The number of methoxy groups -OCH3 is 2. The topological polar surface area (TPSA) is 51.1 Å². The van der Waals surface area contributed by atoms with Gasteiger partial charge in [0.25, 0.3) is 0 Å². The van der Waals surface area contributed by atoms with Crippen LogP contribution >= 0.6 is 0 Å². The summed E-state index contributed by atoms with van der Waals surface area (Å²) in [6.07, 6.45) is 12.3. The Morgan fingerprint density at radius 2 is 1.54 bits per heavy atom. The molecule has 24 heavy (non-hydrogen) atoms. The number of ether oxygens (including phenoxy) is 2. The van der Waals surface area contributed by atoms with E-state index in [0.29, 0.717) is 11.5 Å². The van der Waals surface area contributed by atoms with Crippen molar-refractivity contribution in [3.63, 3.8) is 0 Å². The Kier molecular flexibility index (Phi) is 10.7. The van der Waals surface area contributed by atoms with E-state index in [9.17, 15) is 5.21 Å². The van der Waals surface area contributed by atoms with Crippen LogP contribution in [0.5, 0.6) is 11.5 Å². The van der Waals surface area contributed by atoms with Gasteiger partial charge in [-0.2, -0.15) is 0 Å². The molecule has 0 radical (unpaired) electrons. The van der Waals surface area contributed by atoms with Crippen LogP contribution in [0.15, 0.2) is 23.4 Å². The first-order valence-corrected chi connectivity index (χ1v) is 9.20. The van der Waals surface area contributed by atoms with Crippen molar-refractivity contribution >= 4 is 5.71 Å². The smallest absolute Gasteiger partial charge is 0.131 e. The van der Waals surface area contributed by atoms with Gasteiger partial charge in [0.05, 0.1) is 19.9 Å². The van der Waals surface area contributed by atoms with Gasteiger partial charge in [0.2, 0.25) is 0 Å². The maximum Gasteiger partial charge on any atom is 0.131 e. The molecule has 0 saturated heterocycles. The zero-order valence-electron chi connectivity index (χ0n) is 15.5. The molecular formula is C20H33NO3. The lowest BCUT2D eigenvalue weighted by Crippen LogP contribution is -2.04.